The lowest BCUT2D eigenvalue weighted by Gasteiger charge is -2.12. The molecule has 5 heteroatoms. The molecular weight excluding hydrogens is 316 g/mol. The summed E-state index contributed by atoms with van der Waals surface area (Å²) in [4.78, 5) is 13.6. The van der Waals surface area contributed by atoms with Gasteiger partial charge < -0.3 is 5.32 Å². The van der Waals surface area contributed by atoms with E-state index in [9.17, 15) is 0 Å². The molecule has 0 aromatic carbocycles. The van der Waals surface area contributed by atoms with Crippen molar-refractivity contribution in [3.05, 3.63) is 34.2 Å². The molecule has 1 aliphatic carbocycles. The van der Waals surface area contributed by atoms with Crippen LogP contribution < -0.4 is 5.32 Å². The van der Waals surface area contributed by atoms with Gasteiger partial charge in [-0.2, -0.15) is 0 Å². The normalized spacial score (nSPS) is 14.3. The van der Waals surface area contributed by atoms with E-state index in [1.54, 1.807) is 6.20 Å². The van der Waals surface area contributed by atoms with Crippen molar-refractivity contribution >= 4 is 21.7 Å². The first-order chi connectivity index (χ1) is 9.70. The summed E-state index contributed by atoms with van der Waals surface area (Å²) in [7, 11) is 0. The lowest BCUT2D eigenvalue weighted by Crippen LogP contribution is -2.06. The van der Waals surface area contributed by atoms with Gasteiger partial charge in [0.2, 0.25) is 0 Å². The van der Waals surface area contributed by atoms with Crippen LogP contribution in [0.2, 0.25) is 0 Å². The Kier molecular flexibility index (Phi) is 3.70. The maximum Gasteiger partial charge on any atom is 0.163 e. The minimum absolute atomic E-state index is 0.570. The summed E-state index contributed by atoms with van der Waals surface area (Å²) in [6, 6.07) is 1.99. The number of anilines is 1. The largest absolute Gasteiger partial charge is 0.369 e. The van der Waals surface area contributed by atoms with Gasteiger partial charge in [-0.25, -0.2) is 9.97 Å². The molecule has 0 saturated heterocycles. The molecule has 1 N–H and O–H groups in total. The van der Waals surface area contributed by atoms with Gasteiger partial charge >= 0.3 is 0 Å². The van der Waals surface area contributed by atoms with Crippen molar-refractivity contribution in [1.82, 2.24) is 15.0 Å². The van der Waals surface area contributed by atoms with E-state index in [2.05, 4.69) is 45.1 Å². The maximum atomic E-state index is 4.77. The average Bonchev–Trinajstić information content (AvgIpc) is 3.26. The van der Waals surface area contributed by atoms with E-state index in [0.717, 1.165) is 39.5 Å². The van der Waals surface area contributed by atoms with Gasteiger partial charge in [0.25, 0.3) is 0 Å². The Labute approximate surface area is 127 Å². The molecule has 2 aromatic rings. The Bertz CT molecular complexity index is 638. The minimum atomic E-state index is 0.570. The number of aryl methyl sites for hydroxylation is 1. The zero-order valence-corrected chi connectivity index (χ0v) is 13.2. The summed E-state index contributed by atoms with van der Waals surface area (Å²) in [5.41, 5.74) is 3.27. The predicted molar refractivity (Wildman–Crippen MR) is 83.8 cm³/mol. The van der Waals surface area contributed by atoms with Gasteiger partial charge in [0, 0.05) is 30.4 Å². The number of nitrogens with zero attached hydrogens (tertiary/aromatic N) is 3. The van der Waals surface area contributed by atoms with Crippen LogP contribution in [-0.4, -0.2) is 21.5 Å². The first-order valence-corrected chi connectivity index (χ1v) is 7.72. The molecule has 0 aliphatic heterocycles. The van der Waals surface area contributed by atoms with Crippen molar-refractivity contribution in [2.45, 2.75) is 32.6 Å². The van der Waals surface area contributed by atoms with Crippen molar-refractivity contribution < 1.29 is 0 Å². The van der Waals surface area contributed by atoms with E-state index in [1.807, 2.05) is 12.3 Å². The first kappa shape index (κ1) is 13.5. The molecule has 2 heterocycles. The van der Waals surface area contributed by atoms with Crippen LogP contribution in [0.15, 0.2) is 22.9 Å². The van der Waals surface area contributed by atoms with Gasteiger partial charge in [0.05, 0.1) is 10.2 Å². The third-order valence-electron chi connectivity index (χ3n) is 3.47. The Hall–Kier alpha value is -1.49. The third-order valence-corrected chi connectivity index (χ3v) is 4.25. The molecule has 1 aliphatic rings. The van der Waals surface area contributed by atoms with Gasteiger partial charge in [-0.05, 0) is 54.2 Å². The predicted octanol–water partition coefficient (Wildman–Crippen LogP) is 3.92. The van der Waals surface area contributed by atoms with E-state index >= 15 is 0 Å². The summed E-state index contributed by atoms with van der Waals surface area (Å²) >= 11 is 3.64. The molecule has 0 radical (unpaired) electrons. The van der Waals surface area contributed by atoms with Gasteiger partial charge in [0.1, 0.15) is 5.82 Å². The van der Waals surface area contributed by atoms with Crippen molar-refractivity contribution in [2.75, 3.05) is 11.9 Å². The minimum Gasteiger partial charge on any atom is -0.369 e. The molecule has 1 saturated carbocycles. The maximum absolute atomic E-state index is 4.77. The lowest BCUT2D eigenvalue weighted by molar-refractivity contribution is 0.971. The highest BCUT2D eigenvalue weighted by atomic mass is 79.9. The molecule has 0 unspecified atom stereocenters. The second-order valence-electron chi connectivity index (χ2n) is 5.09. The molecule has 0 atom stereocenters. The number of rotatable bonds is 4. The fourth-order valence-electron chi connectivity index (χ4n) is 2.19. The van der Waals surface area contributed by atoms with Crippen molar-refractivity contribution in [3.63, 3.8) is 0 Å². The third kappa shape index (κ3) is 2.54. The molecule has 0 amide bonds. The van der Waals surface area contributed by atoms with Gasteiger partial charge in [-0.3, -0.25) is 4.98 Å². The summed E-state index contributed by atoms with van der Waals surface area (Å²) in [6.07, 6.45) is 6.06. The van der Waals surface area contributed by atoms with Crippen LogP contribution in [0.3, 0.4) is 0 Å². The number of pyridine rings is 1. The number of nitrogens with one attached hydrogen (secondary N) is 1. The highest BCUT2D eigenvalue weighted by Gasteiger charge is 2.29. The molecule has 3 rings (SSSR count). The standard InChI is InChI=1S/C15H17BrN4/c1-3-18-15-12(16)13(10-4-5-10)19-14(20-15)11-8-17-7-6-9(11)2/h6-8,10H,3-5H2,1-2H3,(H,18,19,20). The van der Waals surface area contributed by atoms with E-state index in [-0.39, 0.29) is 0 Å². The van der Waals surface area contributed by atoms with E-state index < -0.39 is 0 Å². The summed E-state index contributed by atoms with van der Waals surface area (Å²) in [6.45, 7) is 4.97. The molecule has 20 heavy (non-hydrogen) atoms. The number of hydrogen-bond donors (Lipinski definition) is 1. The van der Waals surface area contributed by atoms with Gasteiger partial charge in [0.15, 0.2) is 5.82 Å². The average molecular weight is 333 g/mol. The van der Waals surface area contributed by atoms with Crippen molar-refractivity contribution in [3.8, 4) is 11.4 Å². The highest BCUT2D eigenvalue weighted by molar-refractivity contribution is 9.10. The van der Waals surface area contributed by atoms with E-state index in [0.29, 0.717) is 5.92 Å². The molecular formula is C15H17BrN4. The fourth-order valence-corrected chi connectivity index (χ4v) is 2.84. The fraction of sp³-hybridized carbons (Fsp3) is 0.400. The smallest absolute Gasteiger partial charge is 0.163 e. The van der Waals surface area contributed by atoms with Gasteiger partial charge in [-0.15, -0.1) is 0 Å². The number of halogens is 1. The van der Waals surface area contributed by atoms with Crippen LogP contribution in [0.25, 0.3) is 11.4 Å². The highest BCUT2D eigenvalue weighted by Crippen LogP contribution is 2.44. The lowest BCUT2D eigenvalue weighted by atomic mass is 10.1. The molecule has 2 aromatic heterocycles. The molecule has 104 valence electrons. The molecule has 0 bridgehead atoms. The molecule has 4 nitrogen and oxygen atoms in total. The summed E-state index contributed by atoms with van der Waals surface area (Å²) in [5.74, 6) is 2.21. The quantitative estimate of drug-likeness (QED) is 0.921. The Morgan fingerprint density at radius 3 is 2.80 bits per heavy atom. The summed E-state index contributed by atoms with van der Waals surface area (Å²) in [5, 5.41) is 3.31. The second kappa shape index (κ2) is 5.48. The van der Waals surface area contributed by atoms with Gasteiger partial charge in [-0.1, -0.05) is 0 Å². The second-order valence-corrected chi connectivity index (χ2v) is 5.88. The topological polar surface area (TPSA) is 50.7 Å². The van der Waals surface area contributed by atoms with E-state index in [1.165, 1.54) is 12.8 Å². The number of hydrogen-bond acceptors (Lipinski definition) is 4. The van der Waals surface area contributed by atoms with Crippen LogP contribution in [0.1, 0.15) is 36.9 Å². The first-order valence-electron chi connectivity index (χ1n) is 6.93. The SMILES string of the molecule is CCNc1nc(-c2cnccc2C)nc(C2CC2)c1Br. The van der Waals surface area contributed by atoms with E-state index in [4.69, 9.17) is 4.98 Å². The van der Waals surface area contributed by atoms with Crippen LogP contribution >= 0.6 is 15.9 Å². The molecule has 0 spiro atoms. The van der Waals surface area contributed by atoms with Crippen molar-refractivity contribution in [1.29, 1.82) is 0 Å². The number of aromatic nitrogens is 3. The Morgan fingerprint density at radius 2 is 2.15 bits per heavy atom. The zero-order chi connectivity index (χ0) is 14.1. The Morgan fingerprint density at radius 1 is 1.35 bits per heavy atom. The van der Waals surface area contributed by atoms with Crippen LogP contribution in [0.4, 0.5) is 5.82 Å². The zero-order valence-electron chi connectivity index (χ0n) is 11.7. The Balaban J connectivity index is 2.13. The van der Waals surface area contributed by atoms with Crippen molar-refractivity contribution in [2.24, 2.45) is 0 Å². The van der Waals surface area contributed by atoms with Crippen LogP contribution in [0, 0.1) is 6.92 Å². The summed E-state index contributed by atoms with van der Waals surface area (Å²) < 4.78 is 1.01. The monoisotopic (exact) mass is 332 g/mol. The van der Waals surface area contributed by atoms with Crippen LogP contribution in [0.5, 0.6) is 0 Å². The van der Waals surface area contributed by atoms with Crippen LogP contribution in [-0.2, 0) is 0 Å². The molecule has 1 fully saturated rings.